The van der Waals surface area contributed by atoms with Gasteiger partial charge < -0.3 is 15.6 Å². The van der Waals surface area contributed by atoms with Gasteiger partial charge in [-0.1, -0.05) is 44.9 Å². The summed E-state index contributed by atoms with van der Waals surface area (Å²) in [5.41, 5.74) is 6.02. The average molecular weight is 382 g/mol. The zero-order valence-corrected chi connectivity index (χ0v) is 17.4. The number of rotatable bonds is 10. The van der Waals surface area contributed by atoms with Crippen molar-refractivity contribution in [1.82, 2.24) is 20.1 Å². The molecule has 6 nitrogen and oxygen atoms in total. The monoisotopic (exact) mass is 381 g/mol. The first kappa shape index (κ1) is 21.2. The third-order valence-corrected chi connectivity index (χ3v) is 5.97. The van der Waals surface area contributed by atoms with Crippen LogP contribution < -0.4 is 11.1 Å². The minimum absolute atomic E-state index is 0.0347. The molecule has 0 spiro atoms. The molecule has 1 heterocycles. The topological polar surface area (TPSA) is 85.8 Å². The van der Waals surface area contributed by atoms with Crippen molar-refractivity contribution in [2.24, 2.45) is 17.1 Å². The van der Waals surface area contributed by atoms with E-state index in [1.54, 1.807) is 11.8 Å². The Morgan fingerprint density at radius 1 is 1.31 bits per heavy atom. The molecule has 2 rings (SSSR count). The van der Waals surface area contributed by atoms with Crippen molar-refractivity contribution in [3.8, 4) is 0 Å². The number of amides is 1. The Morgan fingerprint density at radius 3 is 2.65 bits per heavy atom. The number of thioether (sulfide) groups is 1. The highest BCUT2D eigenvalue weighted by atomic mass is 32.2. The molecule has 1 fully saturated rings. The molecule has 0 bridgehead atoms. The predicted molar refractivity (Wildman–Crippen MR) is 107 cm³/mol. The zero-order chi connectivity index (χ0) is 19.0. The normalized spacial score (nSPS) is 16.8. The van der Waals surface area contributed by atoms with E-state index in [9.17, 15) is 4.79 Å². The molecule has 7 heteroatoms. The Bertz CT molecular complexity index is 566. The second-order valence-corrected chi connectivity index (χ2v) is 8.78. The van der Waals surface area contributed by atoms with Crippen LogP contribution >= 0.6 is 11.8 Å². The first-order chi connectivity index (χ1) is 12.5. The molecule has 0 radical (unpaired) electrons. The molecule has 1 aromatic rings. The molecule has 1 aliphatic rings. The molecule has 0 aromatic carbocycles. The molecule has 3 N–H and O–H groups in total. The van der Waals surface area contributed by atoms with Crippen LogP contribution in [0.1, 0.15) is 64.6 Å². The number of carbonyl (C=O) groups is 1. The number of aryl methyl sites for hydroxylation is 1. The van der Waals surface area contributed by atoms with Gasteiger partial charge in [0, 0.05) is 25.9 Å². The van der Waals surface area contributed by atoms with Crippen LogP contribution in [0.2, 0.25) is 0 Å². The van der Waals surface area contributed by atoms with E-state index in [2.05, 4.69) is 33.9 Å². The number of carbonyl (C=O) groups excluding carboxylic acids is 1. The van der Waals surface area contributed by atoms with Gasteiger partial charge in [-0.05, 0) is 43.4 Å². The van der Waals surface area contributed by atoms with Gasteiger partial charge in [0.15, 0.2) is 5.16 Å². The molecule has 1 amide bonds. The van der Waals surface area contributed by atoms with Crippen LogP contribution in [-0.2, 0) is 17.8 Å². The van der Waals surface area contributed by atoms with Crippen LogP contribution in [0.3, 0.4) is 0 Å². The summed E-state index contributed by atoms with van der Waals surface area (Å²) in [6.07, 6.45) is 10.2. The second kappa shape index (κ2) is 10.3. The van der Waals surface area contributed by atoms with Crippen LogP contribution in [0.15, 0.2) is 5.16 Å². The lowest BCUT2D eigenvalue weighted by Gasteiger charge is -2.35. The van der Waals surface area contributed by atoms with Crippen molar-refractivity contribution in [1.29, 1.82) is 0 Å². The highest BCUT2D eigenvalue weighted by Gasteiger charge is 2.32. The van der Waals surface area contributed by atoms with Crippen molar-refractivity contribution >= 4 is 17.7 Å². The first-order valence-corrected chi connectivity index (χ1v) is 11.1. The molecule has 1 saturated carbocycles. The molecule has 148 valence electrons. The summed E-state index contributed by atoms with van der Waals surface area (Å²) in [5, 5.41) is 12.7. The van der Waals surface area contributed by atoms with Gasteiger partial charge in [-0.15, -0.1) is 10.2 Å². The predicted octanol–water partition coefficient (Wildman–Crippen LogP) is 3.00. The minimum Gasteiger partial charge on any atom is -0.356 e. The SMILES string of the molecule is CSc1nnc(CCCNC(=O)CC2(CN)CCCCC2)n1CC(C)C. The van der Waals surface area contributed by atoms with Crippen molar-refractivity contribution in [3.05, 3.63) is 5.82 Å². The Morgan fingerprint density at radius 2 is 2.04 bits per heavy atom. The maximum atomic E-state index is 12.3. The summed E-state index contributed by atoms with van der Waals surface area (Å²) in [4.78, 5) is 12.3. The summed E-state index contributed by atoms with van der Waals surface area (Å²) in [6, 6.07) is 0. The van der Waals surface area contributed by atoms with Crippen molar-refractivity contribution in [2.75, 3.05) is 19.3 Å². The molecule has 0 aliphatic heterocycles. The fourth-order valence-electron chi connectivity index (χ4n) is 3.84. The lowest BCUT2D eigenvalue weighted by atomic mass is 9.71. The van der Waals surface area contributed by atoms with Crippen molar-refractivity contribution in [2.45, 2.75) is 76.9 Å². The van der Waals surface area contributed by atoms with E-state index in [1.165, 1.54) is 19.3 Å². The Labute approximate surface area is 162 Å². The number of nitrogens with zero attached hydrogens (tertiary/aromatic N) is 3. The molecule has 1 aliphatic carbocycles. The highest BCUT2D eigenvalue weighted by Crippen LogP contribution is 2.38. The van der Waals surface area contributed by atoms with Crippen LogP contribution in [0, 0.1) is 11.3 Å². The lowest BCUT2D eigenvalue weighted by molar-refractivity contribution is -0.123. The summed E-state index contributed by atoms with van der Waals surface area (Å²) >= 11 is 1.63. The van der Waals surface area contributed by atoms with Gasteiger partial charge in [0.2, 0.25) is 5.91 Å². The average Bonchev–Trinajstić information content (AvgIpc) is 3.00. The largest absolute Gasteiger partial charge is 0.356 e. The fraction of sp³-hybridized carbons (Fsp3) is 0.842. The Balaban J connectivity index is 1.78. The maximum Gasteiger partial charge on any atom is 0.220 e. The summed E-state index contributed by atoms with van der Waals surface area (Å²) in [6.45, 7) is 6.64. The van der Waals surface area contributed by atoms with Crippen LogP contribution in [0.5, 0.6) is 0 Å². The van der Waals surface area contributed by atoms with Gasteiger partial charge in [-0.2, -0.15) is 0 Å². The van der Waals surface area contributed by atoms with Crippen LogP contribution in [-0.4, -0.2) is 40.0 Å². The molecule has 1 aromatic heterocycles. The molecule has 0 atom stereocenters. The molecular weight excluding hydrogens is 346 g/mol. The minimum atomic E-state index is 0.0347. The standard InChI is InChI=1S/C19H35N5OS/c1-15(2)13-24-16(22-23-18(24)26-3)8-7-11-21-17(25)12-19(14-20)9-5-4-6-10-19/h15H,4-14,20H2,1-3H3,(H,21,25). The Kier molecular flexibility index (Phi) is 8.41. The van der Waals surface area contributed by atoms with E-state index in [4.69, 9.17) is 5.73 Å². The number of hydrogen-bond acceptors (Lipinski definition) is 5. The molecule has 0 saturated heterocycles. The molecule has 26 heavy (non-hydrogen) atoms. The van der Waals surface area contributed by atoms with Gasteiger partial charge in [-0.25, -0.2) is 0 Å². The number of nitrogens with two attached hydrogens (primary N) is 1. The van der Waals surface area contributed by atoms with E-state index in [1.807, 2.05) is 6.26 Å². The van der Waals surface area contributed by atoms with E-state index < -0.39 is 0 Å². The smallest absolute Gasteiger partial charge is 0.220 e. The summed E-state index contributed by atoms with van der Waals surface area (Å²) < 4.78 is 2.21. The summed E-state index contributed by atoms with van der Waals surface area (Å²) in [7, 11) is 0. The second-order valence-electron chi connectivity index (χ2n) is 8.00. The van der Waals surface area contributed by atoms with Gasteiger partial charge in [0.05, 0.1) is 0 Å². The van der Waals surface area contributed by atoms with Crippen molar-refractivity contribution in [3.63, 3.8) is 0 Å². The van der Waals surface area contributed by atoms with E-state index in [0.717, 1.165) is 43.2 Å². The van der Waals surface area contributed by atoms with Crippen LogP contribution in [0.4, 0.5) is 0 Å². The maximum absolute atomic E-state index is 12.3. The highest BCUT2D eigenvalue weighted by molar-refractivity contribution is 7.98. The number of aromatic nitrogens is 3. The van der Waals surface area contributed by atoms with Crippen LogP contribution in [0.25, 0.3) is 0 Å². The van der Waals surface area contributed by atoms with Gasteiger partial charge in [-0.3, -0.25) is 4.79 Å². The quantitative estimate of drug-likeness (QED) is 0.481. The third-order valence-electron chi connectivity index (χ3n) is 5.31. The zero-order valence-electron chi connectivity index (χ0n) is 16.6. The summed E-state index contributed by atoms with van der Waals surface area (Å²) in [5.74, 6) is 1.71. The van der Waals surface area contributed by atoms with E-state index in [0.29, 0.717) is 25.4 Å². The fourth-order valence-corrected chi connectivity index (χ4v) is 4.36. The lowest BCUT2D eigenvalue weighted by Crippen LogP contribution is -2.38. The van der Waals surface area contributed by atoms with Gasteiger partial charge >= 0.3 is 0 Å². The number of hydrogen-bond donors (Lipinski definition) is 2. The van der Waals surface area contributed by atoms with Gasteiger partial charge in [0.1, 0.15) is 5.82 Å². The third kappa shape index (κ3) is 5.98. The molecular formula is C19H35N5OS. The first-order valence-electron chi connectivity index (χ1n) is 9.92. The number of nitrogens with one attached hydrogen (secondary N) is 1. The molecule has 0 unspecified atom stereocenters. The van der Waals surface area contributed by atoms with Gasteiger partial charge in [0.25, 0.3) is 0 Å². The Hall–Kier alpha value is -1.08. The van der Waals surface area contributed by atoms with Crippen molar-refractivity contribution < 1.29 is 4.79 Å². The van der Waals surface area contributed by atoms with E-state index >= 15 is 0 Å². The van der Waals surface area contributed by atoms with E-state index in [-0.39, 0.29) is 11.3 Å².